The molecule has 0 amide bonds. The first-order valence-corrected chi connectivity index (χ1v) is 9.43. The summed E-state index contributed by atoms with van der Waals surface area (Å²) in [6.45, 7) is 14.9. The number of aliphatic imine (C=N–C) groups is 1. The Kier molecular flexibility index (Phi) is 7.57. The summed E-state index contributed by atoms with van der Waals surface area (Å²) in [6.07, 6.45) is 1.36. The monoisotopic (exact) mass is 330 g/mol. The van der Waals surface area contributed by atoms with Crippen molar-refractivity contribution < 1.29 is 0 Å². The fourth-order valence-corrected chi connectivity index (χ4v) is 3.70. The molecule has 1 aromatic carbocycles. The zero-order chi connectivity index (χ0) is 17.4. The molecule has 2 unspecified atom stereocenters. The second-order valence-electron chi connectivity index (χ2n) is 7.13. The lowest BCUT2D eigenvalue weighted by atomic mass is 9.91. The van der Waals surface area contributed by atoms with Gasteiger partial charge in [0.1, 0.15) is 0 Å². The lowest BCUT2D eigenvalue weighted by Gasteiger charge is -2.35. The molecule has 1 aliphatic heterocycles. The molecule has 0 aromatic heterocycles. The molecule has 4 heteroatoms. The zero-order valence-corrected chi connectivity index (χ0v) is 15.8. The highest BCUT2D eigenvalue weighted by Crippen LogP contribution is 2.23. The number of hydrogen-bond donors (Lipinski definition) is 2. The first kappa shape index (κ1) is 18.8. The van der Waals surface area contributed by atoms with Crippen LogP contribution in [0.4, 0.5) is 0 Å². The van der Waals surface area contributed by atoms with Gasteiger partial charge in [-0.2, -0.15) is 0 Å². The molecule has 134 valence electrons. The van der Waals surface area contributed by atoms with Gasteiger partial charge in [-0.15, -0.1) is 0 Å². The molecule has 4 nitrogen and oxygen atoms in total. The molecule has 0 spiro atoms. The molecule has 1 aliphatic rings. The minimum absolute atomic E-state index is 0.727. The van der Waals surface area contributed by atoms with Gasteiger partial charge in [0.2, 0.25) is 0 Å². The summed E-state index contributed by atoms with van der Waals surface area (Å²) in [6, 6.07) is 8.74. The summed E-state index contributed by atoms with van der Waals surface area (Å²) < 4.78 is 0. The van der Waals surface area contributed by atoms with E-state index in [0.717, 1.165) is 44.0 Å². The maximum absolute atomic E-state index is 4.73. The summed E-state index contributed by atoms with van der Waals surface area (Å²) >= 11 is 0. The van der Waals surface area contributed by atoms with Gasteiger partial charge < -0.3 is 10.6 Å². The molecule has 2 rings (SSSR count). The molecule has 0 bridgehead atoms. The van der Waals surface area contributed by atoms with E-state index in [0.29, 0.717) is 0 Å². The molecule has 24 heavy (non-hydrogen) atoms. The Morgan fingerprint density at radius 1 is 1.04 bits per heavy atom. The van der Waals surface area contributed by atoms with Crippen molar-refractivity contribution in [3.05, 3.63) is 35.4 Å². The van der Waals surface area contributed by atoms with Crippen LogP contribution in [0.15, 0.2) is 29.3 Å². The Morgan fingerprint density at radius 2 is 1.62 bits per heavy atom. The number of nitrogens with one attached hydrogen (secondary N) is 2. The molecule has 2 N–H and O–H groups in total. The number of piperidine rings is 1. The highest BCUT2D eigenvalue weighted by Gasteiger charge is 2.22. The van der Waals surface area contributed by atoms with Crippen LogP contribution in [0.5, 0.6) is 0 Å². The van der Waals surface area contributed by atoms with Gasteiger partial charge in [-0.25, -0.2) is 4.99 Å². The number of hydrogen-bond acceptors (Lipinski definition) is 2. The summed E-state index contributed by atoms with van der Waals surface area (Å²) in [5.74, 6) is 2.50. The molecular weight excluding hydrogens is 296 g/mol. The summed E-state index contributed by atoms with van der Waals surface area (Å²) in [7, 11) is 0. The van der Waals surface area contributed by atoms with Gasteiger partial charge in [-0.1, -0.05) is 38.1 Å². The van der Waals surface area contributed by atoms with Gasteiger partial charge in [0, 0.05) is 32.7 Å². The third kappa shape index (κ3) is 5.82. The van der Waals surface area contributed by atoms with E-state index < -0.39 is 0 Å². The Labute approximate surface area is 147 Å². The fraction of sp³-hybridized carbons (Fsp3) is 0.650. The second-order valence-corrected chi connectivity index (χ2v) is 7.13. The van der Waals surface area contributed by atoms with E-state index in [2.05, 4.69) is 67.5 Å². The topological polar surface area (TPSA) is 39.7 Å². The van der Waals surface area contributed by atoms with Crippen molar-refractivity contribution >= 4 is 5.96 Å². The summed E-state index contributed by atoms with van der Waals surface area (Å²) in [5, 5.41) is 6.59. The number of rotatable bonds is 6. The summed E-state index contributed by atoms with van der Waals surface area (Å²) in [4.78, 5) is 7.34. The van der Waals surface area contributed by atoms with E-state index in [-0.39, 0.29) is 0 Å². The normalized spacial score (nSPS) is 21.3. The molecular formula is C20H34N4. The number of nitrogens with zero attached hydrogens (tertiary/aromatic N) is 2. The molecule has 1 heterocycles. The van der Waals surface area contributed by atoms with Gasteiger partial charge in [0.15, 0.2) is 5.96 Å². The van der Waals surface area contributed by atoms with E-state index in [1.165, 1.54) is 30.6 Å². The van der Waals surface area contributed by atoms with E-state index in [1.807, 2.05) is 0 Å². The minimum atomic E-state index is 0.727. The van der Waals surface area contributed by atoms with Crippen LogP contribution in [0.3, 0.4) is 0 Å². The van der Waals surface area contributed by atoms with Gasteiger partial charge in [0.05, 0.1) is 6.54 Å². The third-order valence-electron chi connectivity index (χ3n) is 4.55. The predicted octanol–water partition coefficient (Wildman–Crippen LogP) is 3.24. The van der Waals surface area contributed by atoms with Gasteiger partial charge in [-0.05, 0) is 43.2 Å². The van der Waals surface area contributed by atoms with Crippen LogP contribution < -0.4 is 10.6 Å². The van der Waals surface area contributed by atoms with Crippen molar-refractivity contribution in [2.45, 2.75) is 47.2 Å². The second kappa shape index (κ2) is 9.67. The Morgan fingerprint density at radius 3 is 2.21 bits per heavy atom. The maximum Gasteiger partial charge on any atom is 0.191 e. The maximum atomic E-state index is 4.73. The smallest absolute Gasteiger partial charge is 0.191 e. The van der Waals surface area contributed by atoms with Crippen molar-refractivity contribution in [2.24, 2.45) is 16.8 Å². The molecule has 0 aliphatic carbocycles. The first-order chi connectivity index (χ1) is 11.6. The lowest BCUT2D eigenvalue weighted by Crippen LogP contribution is -2.38. The molecule has 1 fully saturated rings. The number of benzene rings is 1. The van der Waals surface area contributed by atoms with Crippen LogP contribution >= 0.6 is 0 Å². The van der Waals surface area contributed by atoms with Gasteiger partial charge in [-0.3, -0.25) is 4.90 Å². The van der Waals surface area contributed by atoms with Crippen molar-refractivity contribution in [2.75, 3.05) is 26.2 Å². The largest absolute Gasteiger partial charge is 0.357 e. The van der Waals surface area contributed by atoms with E-state index in [4.69, 9.17) is 4.99 Å². The quantitative estimate of drug-likeness (QED) is 0.621. The minimum Gasteiger partial charge on any atom is -0.357 e. The molecule has 0 saturated carbocycles. The Bertz CT molecular complexity index is 508. The SMILES string of the molecule is CCNC(=NCc1ccccc1CN1CC(C)CC(C)C1)NCC. The number of likely N-dealkylation sites (tertiary alicyclic amines) is 1. The average Bonchev–Trinajstić information content (AvgIpc) is 2.53. The highest BCUT2D eigenvalue weighted by atomic mass is 15.2. The van der Waals surface area contributed by atoms with E-state index >= 15 is 0 Å². The van der Waals surface area contributed by atoms with Crippen LogP contribution in [0, 0.1) is 11.8 Å². The van der Waals surface area contributed by atoms with Crippen molar-refractivity contribution in [1.82, 2.24) is 15.5 Å². The zero-order valence-electron chi connectivity index (χ0n) is 15.8. The van der Waals surface area contributed by atoms with Gasteiger partial charge in [0.25, 0.3) is 0 Å². The Balaban J connectivity index is 2.05. The predicted molar refractivity (Wildman–Crippen MR) is 103 cm³/mol. The van der Waals surface area contributed by atoms with Crippen LogP contribution in [-0.4, -0.2) is 37.0 Å². The van der Waals surface area contributed by atoms with Crippen LogP contribution in [0.2, 0.25) is 0 Å². The molecule has 2 atom stereocenters. The summed E-state index contributed by atoms with van der Waals surface area (Å²) in [5.41, 5.74) is 2.74. The lowest BCUT2D eigenvalue weighted by molar-refractivity contribution is 0.134. The van der Waals surface area contributed by atoms with E-state index in [1.54, 1.807) is 0 Å². The van der Waals surface area contributed by atoms with Crippen LogP contribution in [0.25, 0.3) is 0 Å². The first-order valence-electron chi connectivity index (χ1n) is 9.43. The van der Waals surface area contributed by atoms with E-state index in [9.17, 15) is 0 Å². The standard InChI is InChI=1S/C20H34N4/c1-5-21-20(22-6-2)23-12-18-9-7-8-10-19(18)15-24-13-16(3)11-17(4)14-24/h7-10,16-17H,5-6,11-15H2,1-4H3,(H2,21,22,23). The average molecular weight is 331 g/mol. The van der Waals surface area contributed by atoms with Crippen molar-refractivity contribution in [3.8, 4) is 0 Å². The Hall–Kier alpha value is -1.55. The molecule has 1 aromatic rings. The molecule has 0 radical (unpaired) electrons. The fourth-order valence-electron chi connectivity index (χ4n) is 3.70. The highest BCUT2D eigenvalue weighted by molar-refractivity contribution is 5.79. The van der Waals surface area contributed by atoms with Crippen molar-refractivity contribution in [3.63, 3.8) is 0 Å². The third-order valence-corrected chi connectivity index (χ3v) is 4.55. The molecule has 1 saturated heterocycles. The van der Waals surface area contributed by atoms with Crippen LogP contribution in [0.1, 0.15) is 45.2 Å². The van der Waals surface area contributed by atoms with Gasteiger partial charge >= 0.3 is 0 Å². The van der Waals surface area contributed by atoms with Crippen molar-refractivity contribution in [1.29, 1.82) is 0 Å². The van der Waals surface area contributed by atoms with Crippen LogP contribution in [-0.2, 0) is 13.1 Å². The number of guanidine groups is 1.